The summed E-state index contributed by atoms with van der Waals surface area (Å²) in [5.74, 6) is 0.850. The maximum absolute atomic E-state index is 12.0. The van der Waals surface area contributed by atoms with Crippen LogP contribution in [0.15, 0.2) is 36.4 Å². The van der Waals surface area contributed by atoms with Crippen molar-refractivity contribution in [2.75, 3.05) is 14.2 Å². The van der Waals surface area contributed by atoms with Crippen LogP contribution in [0.5, 0.6) is 17.2 Å². The average Bonchev–Trinajstić information content (AvgIpc) is 2.84. The number of phenolic OH excluding ortho intramolecular Hbond substituents is 1. The minimum absolute atomic E-state index is 0.0204. The van der Waals surface area contributed by atoms with Crippen molar-refractivity contribution in [2.24, 2.45) is 0 Å². The molecule has 3 rings (SSSR count). The van der Waals surface area contributed by atoms with E-state index in [1.165, 1.54) is 20.3 Å². The molecule has 1 aliphatic rings. The predicted molar refractivity (Wildman–Crippen MR) is 80.9 cm³/mol. The second-order valence-corrected chi connectivity index (χ2v) is 4.71. The number of rotatable bonds is 3. The molecule has 1 N–H and O–H groups in total. The number of hydrogen-bond acceptors (Lipinski definition) is 5. The molecule has 0 fully saturated rings. The Labute approximate surface area is 127 Å². The number of fused-ring (bicyclic) bond motifs is 1. The van der Waals surface area contributed by atoms with Crippen molar-refractivity contribution in [3.63, 3.8) is 0 Å². The molecule has 0 saturated heterocycles. The fourth-order valence-electron chi connectivity index (χ4n) is 2.38. The molecular formula is C17H14O5. The first-order valence-corrected chi connectivity index (χ1v) is 6.62. The first kappa shape index (κ1) is 14.0. The van der Waals surface area contributed by atoms with Gasteiger partial charge in [0.2, 0.25) is 0 Å². The molecule has 5 nitrogen and oxygen atoms in total. The van der Waals surface area contributed by atoms with Gasteiger partial charge in [0.1, 0.15) is 17.1 Å². The molecule has 2 aromatic carbocycles. The summed E-state index contributed by atoms with van der Waals surface area (Å²) >= 11 is 0. The first-order valence-electron chi connectivity index (χ1n) is 6.62. The second kappa shape index (κ2) is 5.44. The summed E-state index contributed by atoms with van der Waals surface area (Å²) in [4.78, 5) is 12.0. The van der Waals surface area contributed by atoms with Gasteiger partial charge in [0.15, 0.2) is 11.5 Å². The summed E-state index contributed by atoms with van der Waals surface area (Å²) in [5, 5.41) is 9.81. The lowest BCUT2D eigenvalue weighted by atomic mass is 10.1. The molecule has 5 heteroatoms. The molecule has 0 amide bonds. The quantitative estimate of drug-likeness (QED) is 0.882. The predicted octanol–water partition coefficient (Wildman–Crippen LogP) is 3.08. The van der Waals surface area contributed by atoms with Gasteiger partial charge in [-0.25, -0.2) is 4.79 Å². The maximum atomic E-state index is 12.0. The molecule has 22 heavy (non-hydrogen) atoms. The number of cyclic esters (lactones) is 1. The Kier molecular flexibility index (Phi) is 3.47. The summed E-state index contributed by atoms with van der Waals surface area (Å²) in [7, 11) is 2.99. The van der Waals surface area contributed by atoms with Crippen LogP contribution in [0.4, 0.5) is 0 Å². The number of hydrogen-bond donors (Lipinski definition) is 1. The number of carbonyl (C=O) groups excluding carboxylic acids is 1. The largest absolute Gasteiger partial charge is 0.504 e. The number of aromatic hydroxyl groups is 1. The van der Waals surface area contributed by atoms with Gasteiger partial charge in [0, 0.05) is 5.56 Å². The van der Waals surface area contributed by atoms with Gasteiger partial charge in [-0.15, -0.1) is 0 Å². The maximum Gasteiger partial charge on any atom is 0.348 e. The Bertz CT molecular complexity index is 777. The molecule has 0 aliphatic carbocycles. The highest BCUT2D eigenvalue weighted by Crippen LogP contribution is 2.37. The van der Waals surface area contributed by atoms with Gasteiger partial charge in [-0.3, -0.25) is 0 Å². The Balaban J connectivity index is 2.05. The minimum Gasteiger partial charge on any atom is -0.504 e. The number of carbonyl (C=O) groups is 1. The van der Waals surface area contributed by atoms with Crippen molar-refractivity contribution >= 4 is 17.8 Å². The van der Waals surface area contributed by atoms with E-state index in [-0.39, 0.29) is 5.75 Å². The van der Waals surface area contributed by atoms with E-state index >= 15 is 0 Å². The van der Waals surface area contributed by atoms with Crippen LogP contribution < -0.4 is 9.47 Å². The van der Waals surface area contributed by atoms with Crippen molar-refractivity contribution in [2.45, 2.75) is 0 Å². The number of esters is 1. The van der Waals surface area contributed by atoms with Gasteiger partial charge < -0.3 is 19.3 Å². The molecule has 0 aromatic heterocycles. The molecule has 0 radical (unpaired) electrons. The third-order valence-corrected chi connectivity index (χ3v) is 3.42. The van der Waals surface area contributed by atoms with E-state index in [0.29, 0.717) is 33.9 Å². The SMILES string of the molecule is COc1ccc(/C=C2\OC(=O)c3c(OC)cccc32)cc1O. The summed E-state index contributed by atoms with van der Waals surface area (Å²) < 4.78 is 15.5. The monoisotopic (exact) mass is 298 g/mol. The molecule has 2 aromatic rings. The average molecular weight is 298 g/mol. The van der Waals surface area contributed by atoms with Crippen LogP contribution in [0.1, 0.15) is 21.5 Å². The summed E-state index contributed by atoms with van der Waals surface area (Å²) in [6, 6.07) is 10.2. The Morgan fingerprint density at radius 3 is 2.55 bits per heavy atom. The normalized spacial score (nSPS) is 14.6. The second-order valence-electron chi connectivity index (χ2n) is 4.71. The van der Waals surface area contributed by atoms with Crippen LogP contribution in [0.2, 0.25) is 0 Å². The Morgan fingerprint density at radius 1 is 1.09 bits per heavy atom. The van der Waals surface area contributed by atoms with E-state index in [1.54, 1.807) is 36.4 Å². The van der Waals surface area contributed by atoms with Crippen LogP contribution in [-0.2, 0) is 4.74 Å². The van der Waals surface area contributed by atoms with Gasteiger partial charge in [-0.05, 0) is 29.8 Å². The lowest BCUT2D eigenvalue weighted by Gasteiger charge is -2.05. The van der Waals surface area contributed by atoms with E-state index in [4.69, 9.17) is 14.2 Å². The summed E-state index contributed by atoms with van der Waals surface area (Å²) in [6.07, 6.45) is 1.68. The van der Waals surface area contributed by atoms with E-state index in [2.05, 4.69) is 0 Å². The van der Waals surface area contributed by atoms with Gasteiger partial charge in [0.05, 0.1) is 14.2 Å². The smallest absolute Gasteiger partial charge is 0.348 e. The molecule has 112 valence electrons. The Morgan fingerprint density at radius 2 is 1.86 bits per heavy atom. The van der Waals surface area contributed by atoms with Gasteiger partial charge in [-0.1, -0.05) is 18.2 Å². The first-order chi connectivity index (χ1) is 10.6. The van der Waals surface area contributed by atoms with Crippen molar-refractivity contribution in [1.29, 1.82) is 0 Å². The third-order valence-electron chi connectivity index (χ3n) is 3.42. The minimum atomic E-state index is -0.448. The Hall–Kier alpha value is -2.95. The highest BCUT2D eigenvalue weighted by atomic mass is 16.5. The molecule has 0 saturated carbocycles. The van der Waals surface area contributed by atoms with Crippen LogP contribution in [0.3, 0.4) is 0 Å². The van der Waals surface area contributed by atoms with Crippen LogP contribution >= 0.6 is 0 Å². The third kappa shape index (κ3) is 2.26. The molecular weight excluding hydrogens is 284 g/mol. The molecule has 1 aliphatic heterocycles. The van der Waals surface area contributed by atoms with E-state index in [1.807, 2.05) is 0 Å². The van der Waals surface area contributed by atoms with Crippen LogP contribution in [0, 0.1) is 0 Å². The van der Waals surface area contributed by atoms with E-state index < -0.39 is 5.97 Å². The van der Waals surface area contributed by atoms with E-state index in [9.17, 15) is 9.90 Å². The zero-order valence-electron chi connectivity index (χ0n) is 12.1. The fraction of sp³-hybridized carbons (Fsp3) is 0.118. The topological polar surface area (TPSA) is 65.0 Å². The van der Waals surface area contributed by atoms with Gasteiger partial charge in [-0.2, -0.15) is 0 Å². The van der Waals surface area contributed by atoms with Gasteiger partial charge in [0.25, 0.3) is 0 Å². The molecule has 0 spiro atoms. The van der Waals surface area contributed by atoms with Crippen molar-refractivity contribution in [3.05, 3.63) is 53.1 Å². The standard InChI is InChI=1S/C17H14O5/c1-20-13-7-6-10(8-12(13)18)9-15-11-4-3-5-14(21-2)16(11)17(19)22-15/h3-9,18H,1-2H3/b15-9-. The van der Waals surface area contributed by atoms with Crippen molar-refractivity contribution in [1.82, 2.24) is 0 Å². The number of phenols is 1. The van der Waals surface area contributed by atoms with Crippen LogP contribution in [-0.4, -0.2) is 25.3 Å². The number of methoxy groups -OCH3 is 2. The van der Waals surface area contributed by atoms with Crippen molar-refractivity contribution in [3.8, 4) is 17.2 Å². The highest BCUT2D eigenvalue weighted by Gasteiger charge is 2.29. The molecule has 0 bridgehead atoms. The van der Waals surface area contributed by atoms with Crippen molar-refractivity contribution < 1.29 is 24.1 Å². The van der Waals surface area contributed by atoms with E-state index in [0.717, 1.165) is 0 Å². The fourth-order valence-corrected chi connectivity index (χ4v) is 2.38. The lowest BCUT2D eigenvalue weighted by Crippen LogP contribution is -1.97. The summed E-state index contributed by atoms with van der Waals surface area (Å²) in [6.45, 7) is 0. The zero-order chi connectivity index (χ0) is 15.7. The van der Waals surface area contributed by atoms with Gasteiger partial charge >= 0.3 is 5.97 Å². The lowest BCUT2D eigenvalue weighted by molar-refractivity contribution is 0.0714. The zero-order valence-corrected chi connectivity index (χ0v) is 12.1. The van der Waals surface area contributed by atoms with Crippen LogP contribution in [0.25, 0.3) is 11.8 Å². The molecule has 0 atom stereocenters. The number of benzene rings is 2. The number of ether oxygens (including phenoxy) is 3. The highest BCUT2D eigenvalue weighted by molar-refractivity contribution is 6.07. The summed E-state index contributed by atoms with van der Waals surface area (Å²) in [5.41, 5.74) is 1.77. The molecule has 1 heterocycles. The molecule has 0 unspecified atom stereocenters.